The smallest absolute Gasteiger partial charge is 0.330 e. The van der Waals surface area contributed by atoms with Gasteiger partial charge in [0.15, 0.2) is 6.23 Å². The molecule has 1 aliphatic rings. The minimum Gasteiger partial charge on any atom is -0.497 e. The molecule has 9 nitrogen and oxygen atoms in total. The number of methoxy groups -OCH3 is 2. The third kappa shape index (κ3) is 5.22. The first kappa shape index (κ1) is 28.1. The van der Waals surface area contributed by atoms with E-state index in [0.29, 0.717) is 17.1 Å². The van der Waals surface area contributed by atoms with Gasteiger partial charge < -0.3 is 24.1 Å². The maximum absolute atomic E-state index is 12.6. The molecule has 0 radical (unpaired) electrons. The SMILES string of the molecule is C=C1[C@H](n2cc(C)c(=O)[nH]c2=O)O[C@H](COC(c2ccccc2)(c2ccc(OC)cc2)c2ccc(OC)cc2)[C@H]1O. The van der Waals surface area contributed by atoms with Crippen molar-refractivity contribution < 1.29 is 24.1 Å². The van der Waals surface area contributed by atoms with Crippen molar-refractivity contribution >= 4 is 0 Å². The number of aromatic nitrogens is 2. The minimum absolute atomic E-state index is 0.0548. The van der Waals surface area contributed by atoms with Gasteiger partial charge in [-0.05, 0) is 47.9 Å². The van der Waals surface area contributed by atoms with E-state index in [1.54, 1.807) is 21.1 Å². The number of benzene rings is 3. The molecular weight excluding hydrogens is 524 g/mol. The molecule has 0 spiro atoms. The average Bonchev–Trinajstić information content (AvgIpc) is 3.29. The molecular formula is C32H32N2O7. The predicted molar refractivity (Wildman–Crippen MR) is 153 cm³/mol. The lowest BCUT2D eigenvalue weighted by Crippen LogP contribution is -2.38. The number of H-pyrrole nitrogens is 1. The van der Waals surface area contributed by atoms with Crippen molar-refractivity contribution in [3.05, 3.63) is 140 Å². The zero-order chi connectivity index (χ0) is 29.1. The summed E-state index contributed by atoms with van der Waals surface area (Å²) in [6, 6.07) is 25.0. The van der Waals surface area contributed by atoms with Crippen LogP contribution in [0.1, 0.15) is 28.5 Å². The van der Waals surface area contributed by atoms with Crippen LogP contribution in [0.25, 0.3) is 0 Å². The van der Waals surface area contributed by atoms with Gasteiger partial charge in [-0.15, -0.1) is 0 Å². The predicted octanol–water partition coefficient (Wildman–Crippen LogP) is 3.69. The number of ether oxygens (including phenoxy) is 4. The lowest BCUT2D eigenvalue weighted by molar-refractivity contribution is -0.0941. The molecule has 0 aliphatic carbocycles. The van der Waals surface area contributed by atoms with Crippen LogP contribution in [0.3, 0.4) is 0 Å². The lowest BCUT2D eigenvalue weighted by atomic mass is 9.80. The molecule has 1 fully saturated rings. The summed E-state index contributed by atoms with van der Waals surface area (Å²) in [6.45, 7) is 5.51. The van der Waals surface area contributed by atoms with E-state index in [9.17, 15) is 14.7 Å². The number of aromatic amines is 1. The van der Waals surface area contributed by atoms with Gasteiger partial charge >= 0.3 is 5.69 Å². The van der Waals surface area contributed by atoms with Crippen LogP contribution in [0.4, 0.5) is 0 Å². The summed E-state index contributed by atoms with van der Waals surface area (Å²) in [5, 5.41) is 11.1. The van der Waals surface area contributed by atoms with Crippen LogP contribution in [0, 0.1) is 6.92 Å². The number of aliphatic hydroxyl groups is 1. The molecule has 0 saturated carbocycles. The first-order valence-corrected chi connectivity index (χ1v) is 13.1. The monoisotopic (exact) mass is 556 g/mol. The van der Waals surface area contributed by atoms with Crippen LogP contribution in [0.2, 0.25) is 0 Å². The number of nitrogens with zero attached hydrogens (tertiary/aromatic N) is 1. The Labute approximate surface area is 237 Å². The Bertz CT molecular complexity index is 1580. The summed E-state index contributed by atoms with van der Waals surface area (Å²) in [6.07, 6.45) is -1.56. The van der Waals surface area contributed by atoms with Crippen LogP contribution < -0.4 is 20.7 Å². The molecule has 0 amide bonds. The highest BCUT2D eigenvalue weighted by molar-refractivity contribution is 5.49. The normalized spacial score (nSPS) is 18.8. The summed E-state index contributed by atoms with van der Waals surface area (Å²) >= 11 is 0. The first-order chi connectivity index (χ1) is 19.8. The Balaban J connectivity index is 1.56. The van der Waals surface area contributed by atoms with Gasteiger partial charge in [0.2, 0.25) is 0 Å². The van der Waals surface area contributed by atoms with Gasteiger partial charge in [-0.25, -0.2) is 4.79 Å². The quantitative estimate of drug-likeness (QED) is 0.239. The van der Waals surface area contributed by atoms with Crippen LogP contribution in [0.5, 0.6) is 11.5 Å². The fourth-order valence-electron chi connectivity index (χ4n) is 5.13. The molecule has 3 atom stereocenters. The summed E-state index contributed by atoms with van der Waals surface area (Å²) in [5.41, 5.74) is 0.857. The molecule has 2 heterocycles. The molecule has 0 unspecified atom stereocenters. The summed E-state index contributed by atoms with van der Waals surface area (Å²) in [5.74, 6) is 1.39. The Morgan fingerprint density at radius 2 is 1.44 bits per heavy atom. The standard InChI is InChI=1S/C32H32N2O7/c1-20-18-34(31(37)33-29(20)36)30-21(2)28(35)27(41-30)19-40-32(22-8-6-5-7-9-22,23-10-14-25(38-3)15-11-23)24-12-16-26(39-4)17-13-24/h5-18,27-28,30,35H,2,19H2,1,3-4H3,(H,33,36,37)/t27-,28+,30-/m1/s1. The third-order valence-corrected chi connectivity index (χ3v) is 7.39. The second kappa shape index (κ2) is 11.6. The third-order valence-electron chi connectivity index (χ3n) is 7.39. The highest BCUT2D eigenvalue weighted by atomic mass is 16.6. The minimum atomic E-state index is -1.13. The molecule has 41 heavy (non-hydrogen) atoms. The zero-order valence-corrected chi connectivity index (χ0v) is 23.1. The number of aryl methyl sites for hydroxylation is 1. The largest absolute Gasteiger partial charge is 0.497 e. The second-order valence-electron chi connectivity index (χ2n) is 9.84. The van der Waals surface area contributed by atoms with Crippen LogP contribution in [-0.2, 0) is 15.1 Å². The van der Waals surface area contributed by atoms with Crippen molar-refractivity contribution in [2.45, 2.75) is 31.0 Å². The van der Waals surface area contributed by atoms with Gasteiger partial charge in [-0.1, -0.05) is 61.2 Å². The van der Waals surface area contributed by atoms with Crippen molar-refractivity contribution in [2.24, 2.45) is 0 Å². The van der Waals surface area contributed by atoms with Crippen molar-refractivity contribution in [3.8, 4) is 11.5 Å². The van der Waals surface area contributed by atoms with Crippen molar-refractivity contribution in [1.29, 1.82) is 0 Å². The Hall–Kier alpha value is -4.44. The molecule has 212 valence electrons. The average molecular weight is 557 g/mol. The number of hydrogen-bond acceptors (Lipinski definition) is 7. The number of aliphatic hydroxyl groups excluding tert-OH is 1. The summed E-state index contributed by atoms with van der Waals surface area (Å²) < 4.78 is 25.0. The lowest BCUT2D eigenvalue weighted by Gasteiger charge is -2.37. The van der Waals surface area contributed by atoms with E-state index < -0.39 is 35.3 Å². The molecule has 5 rings (SSSR count). The van der Waals surface area contributed by atoms with E-state index >= 15 is 0 Å². The Kier molecular flexibility index (Phi) is 7.94. The molecule has 3 aromatic carbocycles. The van der Waals surface area contributed by atoms with Gasteiger partial charge in [-0.3, -0.25) is 14.3 Å². The first-order valence-electron chi connectivity index (χ1n) is 13.1. The maximum atomic E-state index is 12.6. The van der Waals surface area contributed by atoms with Crippen molar-refractivity contribution in [2.75, 3.05) is 20.8 Å². The van der Waals surface area contributed by atoms with E-state index in [1.165, 1.54) is 10.8 Å². The summed E-state index contributed by atoms with van der Waals surface area (Å²) in [4.78, 5) is 26.7. The number of hydrogen-bond donors (Lipinski definition) is 2. The highest BCUT2D eigenvalue weighted by Crippen LogP contribution is 2.43. The molecule has 1 aromatic heterocycles. The van der Waals surface area contributed by atoms with Gasteiger partial charge in [0, 0.05) is 17.3 Å². The van der Waals surface area contributed by atoms with Crippen molar-refractivity contribution in [3.63, 3.8) is 0 Å². The topological polar surface area (TPSA) is 112 Å². The van der Waals surface area contributed by atoms with Crippen molar-refractivity contribution in [1.82, 2.24) is 9.55 Å². The molecule has 2 N–H and O–H groups in total. The molecule has 1 saturated heterocycles. The van der Waals surface area contributed by atoms with Gasteiger partial charge in [0.1, 0.15) is 29.3 Å². The Morgan fingerprint density at radius 3 is 1.98 bits per heavy atom. The second-order valence-corrected chi connectivity index (χ2v) is 9.84. The zero-order valence-electron chi connectivity index (χ0n) is 23.1. The fraction of sp³-hybridized carbons (Fsp3) is 0.250. The van der Waals surface area contributed by atoms with E-state index in [-0.39, 0.29) is 12.2 Å². The van der Waals surface area contributed by atoms with E-state index in [2.05, 4.69) is 11.6 Å². The molecule has 4 aromatic rings. The molecule has 9 heteroatoms. The maximum Gasteiger partial charge on any atom is 0.330 e. The van der Waals surface area contributed by atoms with Gasteiger partial charge in [0.25, 0.3) is 5.56 Å². The van der Waals surface area contributed by atoms with E-state index in [4.69, 9.17) is 18.9 Å². The van der Waals surface area contributed by atoms with E-state index in [1.807, 2.05) is 78.9 Å². The number of nitrogens with one attached hydrogen (secondary N) is 1. The van der Waals surface area contributed by atoms with Crippen LogP contribution in [-0.4, -0.2) is 47.7 Å². The van der Waals surface area contributed by atoms with Crippen LogP contribution >= 0.6 is 0 Å². The highest BCUT2D eigenvalue weighted by Gasteiger charge is 2.43. The fourth-order valence-corrected chi connectivity index (χ4v) is 5.13. The summed E-state index contributed by atoms with van der Waals surface area (Å²) in [7, 11) is 3.22. The van der Waals surface area contributed by atoms with E-state index in [0.717, 1.165) is 16.7 Å². The molecule has 0 bridgehead atoms. The van der Waals surface area contributed by atoms with Gasteiger partial charge in [0.05, 0.1) is 20.8 Å². The van der Waals surface area contributed by atoms with Crippen LogP contribution in [0.15, 0.2) is 107 Å². The molecule has 1 aliphatic heterocycles. The van der Waals surface area contributed by atoms with Gasteiger partial charge in [-0.2, -0.15) is 0 Å². The number of rotatable bonds is 9. The Morgan fingerprint density at radius 1 is 0.902 bits per heavy atom.